The number of aryl methyl sites for hydroxylation is 1. The molecule has 5 heteroatoms. The number of benzene rings is 1. The van der Waals surface area contributed by atoms with Gasteiger partial charge in [-0.25, -0.2) is 4.98 Å². The monoisotopic (exact) mass is 340 g/mol. The minimum absolute atomic E-state index is 0.234. The van der Waals surface area contributed by atoms with Crippen LogP contribution in [0.5, 0.6) is 0 Å². The molecule has 0 saturated heterocycles. The van der Waals surface area contributed by atoms with Gasteiger partial charge in [0.15, 0.2) is 0 Å². The van der Waals surface area contributed by atoms with E-state index < -0.39 is 0 Å². The van der Waals surface area contributed by atoms with E-state index in [9.17, 15) is 0 Å². The van der Waals surface area contributed by atoms with Crippen molar-refractivity contribution in [1.29, 1.82) is 0 Å². The van der Waals surface area contributed by atoms with Crippen LogP contribution in [0.25, 0.3) is 0 Å². The first-order valence-corrected chi connectivity index (χ1v) is 7.73. The molecule has 0 spiro atoms. The average Bonchev–Trinajstić information content (AvgIpc) is 2.80. The Bertz CT molecular complexity index is 556. The molecule has 1 N–H and O–H groups in total. The van der Waals surface area contributed by atoms with Crippen molar-refractivity contribution in [3.63, 3.8) is 0 Å². The minimum Gasteiger partial charge on any atom is -0.380 e. The van der Waals surface area contributed by atoms with Gasteiger partial charge in [0.2, 0.25) is 0 Å². The summed E-state index contributed by atoms with van der Waals surface area (Å²) in [5.74, 6) is 0. The van der Waals surface area contributed by atoms with Crippen molar-refractivity contribution in [2.45, 2.75) is 26.5 Å². The second-order valence-corrected chi connectivity index (χ2v) is 6.11. The third-order valence-electron chi connectivity index (χ3n) is 2.96. The van der Waals surface area contributed by atoms with Gasteiger partial charge in [0.05, 0.1) is 23.9 Å². The highest BCUT2D eigenvalue weighted by molar-refractivity contribution is 9.10. The molecule has 0 aliphatic rings. The van der Waals surface area contributed by atoms with Gasteiger partial charge in [-0.1, -0.05) is 22.0 Å². The van der Waals surface area contributed by atoms with E-state index in [4.69, 9.17) is 4.74 Å². The lowest BCUT2D eigenvalue weighted by atomic mass is 10.1. The van der Waals surface area contributed by atoms with Gasteiger partial charge < -0.3 is 10.1 Å². The van der Waals surface area contributed by atoms with Crippen LogP contribution in [-0.4, -0.2) is 12.1 Å². The molecule has 0 aliphatic heterocycles. The number of hydrogen-bond acceptors (Lipinski definition) is 4. The first-order valence-electron chi connectivity index (χ1n) is 6.06. The molecule has 102 valence electrons. The molecule has 0 fully saturated rings. The number of nitrogens with zero attached hydrogens (tertiary/aromatic N) is 1. The average molecular weight is 341 g/mol. The molecule has 0 radical (unpaired) electrons. The van der Waals surface area contributed by atoms with Crippen LogP contribution in [-0.2, 0) is 11.3 Å². The summed E-state index contributed by atoms with van der Waals surface area (Å²) in [6, 6.07) is 6.36. The molecule has 2 rings (SSSR count). The molecule has 19 heavy (non-hydrogen) atoms. The molecule has 1 aromatic carbocycles. The molecular formula is C14H17BrN2OS. The van der Waals surface area contributed by atoms with Crippen molar-refractivity contribution in [3.8, 4) is 0 Å². The van der Waals surface area contributed by atoms with Crippen LogP contribution >= 0.6 is 27.3 Å². The second-order valence-electron chi connectivity index (χ2n) is 4.37. The number of halogens is 1. The Morgan fingerprint density at radius 2 is 2.26 bits per heavy atom. The molecule has 1 heterocycles. The number of rotatable bonds is 5. The fourth-order valence-corrected chi connectivity index (χ4v) is 3.30. The van der Waals surface area contributed by atoms with E-state index in [1.807, 2.05) is 24.6 Å². The highest BCUT2D eigenvalue weighted by Crippen LogP contribution is 2.30. The van der Waals surface area contributed by atoms with Gasteiger partial charge in [-0.05, 0) is 26.0 Å². The maximum absolute atomic E-state index is 5.27. The van der Waals surface area contributed by atoms with E-state index >= 15 is 0 Å². The Kier molecular flexibility index (Phi) is 4.96. The molecular weight excluding hydrogens is 324 g/mol. The zero-order chi connectivity index (χ0) is 13.8. The van der Waals surface area contributed by atoms with Crippen LogP contribution in [0.2, 0.25) is 0 Å². The predicted molar refractivity (Wildman–Crippen MR) is 83.7 cm³/mol. The van der Waals surface area contributed by atoms with Crippen molar-refractivity contribution in [2.24, 2.45) is 0 Å². The summed E-state index contributed by atoms with van der Waals surface area (Å²) >= 11 is 5.26. The first-order chi connectivity index (χ1) is 9.13. The molecule has 0 aliphatic carbocycles. The summed E-state index contributed by atoms with van der Waals surface area (Å²) in [5, 5.41) is 3.54. The van der Waals surface area contributed by atoms with Crippen LogP contribution in [0, 0.1) is 6.92 Å². The van der Waals surface area contributed by atoms with Gasteiger partial charge in [-0.3, -0.25) is 0 Å². The Hall–Kier alpha value is -0.910. The topological polar surface area (TPSA) is 34.1 Å². The number of ether oxygens (including phenoxy) is 1. The fraction of sp³-hybridized carbons (Fsp3) is 0.357. The maximum atomic E-state index is 5.27. The molecule has 0 saturated carbocycles. The van der Waals surface area contributed by atoms with Crippen molar-refractivity contribution in [1.82, 2.24) is 4.98 Å². The van der Waals surface area contributed by atoms with Gasteiger partial charge >= 0.3 is 0 Å². The molecule has 1 aromatic heterocycles. The minimum atomic E-state index is 0.234. The van der Waals surface area contributed by atoms with Crippen molar-refractivity contribution < 1.29 is 4.74 Å². The third-order valence-corrected chi connectivity index (χ3v) is 4.81. The van der Waals surface area contributed by atoms with Crippen LogP contribution in [0.4, 0.5) is 5.69 Å². The maximum Gasteiger partial charge on any atom is 0.0798 e. The quantitative estimate of drug-likeness (QED) is 0.867. The smallest absolute Gasteiger partial charge is 0.0798 e. The SMILES string of the molecule is COCc1c(Br)cccc1NC(C)c1scnc1C. The number of thiazole rings is 1. The Balaban J connectivity index is 2.24. The highest BCUT2D eigenvalue weighted by Gasteiger charge is 2.13. The summed E-state index contributed by atoms with van der Waals surface area (Å²) in [7, 11) is 1.71. The highest BCUT2D eigenvalue weighted by atomic mass is 79.9. The lowest BCUT2D eigenvalue weighted by Crippen LogP contribution is -2.09. The van der Waals surface area contributed by atoms with E-state index in [0.29, 0.717) is 6.61 Å². The van der Waals surface area contributed by atoms with Crippen molar-refractivity contribution >= 4 is 33.0 Å². The summed E-state index contributed by atoms with van der Waals surface area (Å²) in [5.41, 5.74) is 5.21. The standard InChI is InChI=1S/C14H17BrN2OS/c1-9-14(19-8-16-9)10(2)17-13-6-4-5-12(15)11(13)7-18-3/h4-6,8,10,17H,7H2,1-3H3. The zero-order valence-corrected chi connectivity index (χ0v) is 13.6. The van der Waals surface area contributed by atoms with Gasteiger partial charge in [0.1, 0.15) is 0 Å². The summed E-state index contributed by atoms with van der Waals surface area (Å²) in [4.78, 5) is 5.57. The van der Waals surface area contributed by atoms with E-state index in [-0.39, 0.29) is 6.04 Å². The predicted octanol–water partition coefficient (Wildman–Crippen LogP) is 4.53. The van der Waals surface area contributed by atoms with E-state index in [1.54, 1.807) is 18.4 Å². The molecule has 3 nitrogen and oxygen atoms in total. The number of anilines is 1. The van der Waals surface area contributed by atoms with Gasteiger partial charge in [0, 0.05) is 27.7 Å². The van der Waals surface area contributed by atoms with Crippen molar-refractivity contribution in [3.05, 3.63) is 44.3 Å². The Morgan fingerprint density at radius 1 is 1.47 bits per heavy atom. The van der Waals surface area contributed by atoms with E-state index in [1.165, 1.54) is 4.88 Å². The third kappa shape index (κ3) is 3.35. The summed E-state index contributed by atoms with van der Waals surface area (Å²) in [6.45, 7) is 4.77. The largest absolute Gasteiger partial charge is 0.380 e. The Morgan fingerprint density at radius 3 is 2.89 bits per heavy atom. The summed E-state index contributed by atoms with van der Waals surface area (Å²) < 4.78 is 6.33. The molecule has 0 amide bonds. The molecule has 0 bridgehead atoms. The number of hydrogen-bond donors (Lipinski definition) is 1. The van der Waals surface area contributed by atoms with Gasteiger partial charge in [-0.2, -0.15) is 0 Å². The number of nitrogens with one attached hydrogen (secondary N) is 1. The Labute approximate surface area is 126 Å². The zero-order valence-electron chi connectivity index (χ0n) is 11.2. The van der Waals surface area contributed by atoms with Crippen LogP contribution < -0.4 is 5.32 Å². The number of methoxy groups -OCH3 is 1. The molecule has 2 aromatic rings. The number of aromatic nitrogens is 1. The normalized spacial score (nSPS) is 12.4. The van der Waals surface area contributed by atoms with Crippen LogP contribution in [0.3, 0.4) is 0 Å². The van der Waals surface area contributed by atoms with Crippen molar-refractivity contribution in [2.75, 3.05) is 12.4 Å². The van der Waals surface area contributed by atoms with E-state index in [0.717, 1.165) is 21.4 Å². The van der Waals surface area contributed by atoms with E-state index in [2.05, 4.69) is 39.2 Å². The van der Waals surface area contributed by atoms with Gasteiger partial charge in [-0.15, -0.1) is 11.3 Å². The van der Waals surface area contributed by atoms with Crippen LogP contribution in [0.1, 0.15) is 29.1 Å². The fourth-order valence-electron chi connectivity index (χ4n) is 2.01. The van der Waals surface area contributed by atoms with Gasteiger partial charge in [0.25, 0.3) is 0 Å². The lowest BCUT2D eigenvalue weighted by Gasteiger charge is -2.18. The molecule has 1 unspecified atom stereocenters. The summed E-state index contributed by atoms with van der Waals surface area (Å²) in [6.07, 6.45) is 0. The first kappa shape index (κ1) is 14.5. The van der Waals surface area contributed by atoms with Crippen LogP contribution in [0.15, 0.2) is 28.2 Å². The lowest BCUT2D eigenvalue weighted by molar-refractivity contribution is 0.185. The molecule has 1 atom stereocenters. The second kappa shape index (κ2) is 6.50.